The van der Waals surface area contributed by atoms with Crippen LogP contribution in [0.25, 0.3) is 0 Å². The molecular formula is C13H25NOS. The first-order valence-corrected chi connectivity index (χ1v) is 7.88. The smallest absolute Gasteiger partial charge is 0.0771 e. The zero-order chi connectivity index (χ0) is 11.3. The molecule has 0 spiro atoms. The summed E-state index contributed by atoms with van der Waals surface area (Å²) in [5.74, 6) is 1.33. The quantitative estimate of drug-likeness (QED) is 0.744. The fourth-order valence-electron chi connectivity index (χ4n) is 2.83. The van der Waals surface area contributed by atoms with Crippen LogP contribution in [0.1, 0.15) is 51.4 Å². The van der Waals surface area contributed by atoms with E-state index in [0.717, 1.165) is 31.2 Å². The molecule has 0 aromatic heterocycles. The topological polar surface area (TPSA) is 32.3 Å². The van der Waals surface area contributed by atoms with Gasteiger partial charge in [-0.15, -0.1) is 0 Å². The molecule has 1 aliphatic heterocycles. The van der Waals surface area contributed by atoms with Crippen molar-refractivity contribution in [1.82, 2.24) is 5.32 Å². The van der Waals surface area contributed by atoms with E-state index in [0.29, 0.717) is 0 Å². The zero-order valence-electron chi connectivity index (χ0n) is 10.2. The third kappa shape index (κ3) is 3.94. The first-order chi connectivity index (χ1) is 7.79. The summed E-state index contributed by atoms with van der Waals surface area (Å²) in [7, 11) is 0. The zero-order valence-corrected chi connectivity index (χ0v) is 11.0. The van der Waals surface area contributed by atoms with Crippen molar-refractivity contribution in [2.24, 2.45) is 0 Å². The van der Waals surface area contributed by atoms with E-state index < -0.39 is 5.60 Å². The van der Waals surface area contributed by atoms with Crippen LogP contribution < -0.4 is 5.32 Å². The molecule has 3 heteroatoms. The van der Waals surface area contributed by atoms with Crippen molar-refractivity contribution in [3.05, 3.63) is 0 Å². The van der Waals surface area contributed by atoms with E-state index >= 15 is 0 Å². The summed E-state index contributed by atoms with van der Waals surface area (Å²) >= 11 is 2.09. The van der Waals surface area contributed by atoms with Crippen LogP contribution in [0.4, 0.5) is 0 Å². The Hall–Kier alpha value is 0.270. The average Bonchev–Trinajstić information content (AvgIpc) is 2.68. The first-order valence-electron chi connectivity index (χ1n) is 6.83. The van der Waals surface area contributed by atoms with Gasteiger partial charge in [-0.25, -0.2) is 0 Å². The van der Waals surface area contributed by atoms with Gasteiger partial charge in [0.2, 0.25) is 0 Å². The van der Waals surface area contributed by atoms with E-state index in [-0.39, 0.29) is 0 Å². The minimum atomic E-state index is -0.403. The molecule has 2 fully saturated rings. The van der Waals surface area contributed by atoms with Crippen LogP contribution in [0.3, 0.4) is 0 Å². The fraction of sp³-hybridized carbons (Fsp3) is 1.00. The van der Waals surface area contributed by atoms with E-state index in [4.69, 9.17) is 0 Å². The van der Waals surface area contributed by atoms with Crippen molar-refractivity contribution in [2.75, 3.05) is 18.8 Å². The molecule has 2 rings (SSSR count). The molecule has 1 atom stereocenters. The lowest BCUT2D eigenvalue weighted by Crippen LogP contribution is -2.42. The minimum Gasteiger partial charge on any atom is -0.389 e. The third-order valence-corrected chi connectivity index (χ3v) is 5.28. The van der Waals surface area contributed by atoms with E-state index in [1.54, 1.807) is 0 Å². The maximum atomic E-state index is 10.5. The van der Waals surface area contributed by atoms with Gasteiger partial charge >= 0.3 is 0 Å². The van der Waals surface area contributed by atoms with Gasteiger partial charge in [0.25, 0.3) is 0 Å². The molecule has 1 unspecified atom stereocenters. The van der Waals surface area contributed by atoms with Gasteiger partial charge in [0.1, 0.15) is 0 Å². The van der Waals surface area contributed by atoms with E-state index in [9.17, 15) is 5.11 Å². The Morgan fingerprint density at radius 2 is 1.88 bits per heavy atom. The van der Waals surface area contributed by atoms with Crippen molar-refractivity contribution in [3.63, 3.8) is 0 Å². The monoisotopic (exact) mass is 243 g/mol. The highest BCUT2D eigenvalue weighted by molar-refractivity contribution is 8.00. The molecule has 2 aliphatic rings. The molecule has 1 saturated heterocycles. The summed E-state index contributed by atoms with van der Waals surface area (Å²) in [6.45, 7) is 1.90. The highest BCUT2D eigenvalue weighted by atomic mass is 32.2. The molecule has 0 radical (unpaired) electrons. The Labute approximate surface area is 104 Å². The van der Waals surface area contributed by atoms with Crippen LogP contribution in [0.2, 0.25) is 0 Å². The second-order valence-electron chi connectivity index (χ2n) is 5.40. The van der Waals surface area contributed by atoms with Crippen molar-refractivity contribution in [1.29, 1.82) is 0 Å². The largest absolute Gasteiger partial charge is 0.389 e. The van der Waals surface area contributed by atoms with Crippen LogP contribution >= 0.6 is 11.8 Å². The highest BCUT2D eigenvalue weighted by Gasteiger charge is 2.27. The minimum absolute atomic E-state index is 0.403. The number of hydrogen-bond acceptors (Lipinski definition) is 3. The van der Waals surface area contributed by atoms with Crippen molar-refractivity contribution in [2.45, 2.75) is 62.2 Å². The average molecular weight is 243 g/mol. The SMILES string of the molecule is OC1(CNCC2CCCS2)CCCCCC1. The van der Waals surface area contributed by atoms with Crippen molar-refractivity contribution >= 4 is 11.8 Å². The molecular weight excluding hydrogens is 218 g/mol. The summed E-state index contributed by atoms with van der Waals surface area (Å²) in [5, 5.41) is 14.8. The predicted molar refractivity (Wildman–Crippen MR) is 71.0 cm³/mol. The second kappa shape index (κ2) is 6.27. The van der Waals surface area contributed by atoms with Gasteiger partial charge in [-0.1, -0.05) is 25.7 Å². The molecule has 0 aromatic carbocycles. The summed E-state index contributed by atoms with van der Waals surface area (Å²) in [4.78, 5) is 0. The fourth-order valence-corrected chi connectivity index (χ4v) is 4.07. The molecule has 94 valence electrons. The Kier molecular flexibility index (Phi) is 4.98. The third-order valence-electron chi connectivity index (χ3n) is 3.88. The summed E-state index contributed by atoms with van der Waals surface area (Å²) in [6.07, 6.45) is 9.75. The Morgan fingerprint density at radius 3 is 2.50 bits per heavy atom. The van der Waals surface area contributed by atoms with Crippen LogP contribution in [-0.2, 0) is 0 Å². The van der Waals surface area contributed by atoms with E-state index in [2.05, 4.69) is 17.1 Å². The number of aliphatic hydroxyl groups is 1. The Morgan fingerprint density at radius 1 is 1.12 bits per heavy atom. The molecule has 0 aromatic rings. The van der Waals surface area contributed by atoms with Crippen LogP contribution in [0.15, 0.2) is 0 Å². The van der Waals surface area contributed by atoms with E-state index in [1.807, 2.05) is 0 Å². The Bertz CT molecular complexity index is 196. The predicted octanol–water partition coefficient (Wildman–Crippen LogP) is 2.56. The summed E-state index contributed by atoms with van der Waals surface area (Å²) in [5.41, 5.74) is -0.403. The standard InChI is InChI=1S/C13H25NOS/c15-13(7-3-1-2-4-8-13)11-14-10-12-6-5-9-16-12/h12,14-15H,1-11H2. The summed E-state index contributed by atoms with van der Waals surface area (Å²) in [6, 6.07) is 0. The first kappa shape index (κ1) is 12.7. The van der Waals surface area contributed by atoms with E-state index in [1.165, 1.54) is 44.3 Å². The molecule has 0 bridgehead atoms. The number of hydrogen-bond donors (Lipinski definition) is 2. The van der Waals surface area contributed by atoms with Gasteiger partial charge in [-0.2, -0.15) is 11.8 Å². The lowest BCUT2D eigenvalue weighted by molar-refractivity contribution is 0.0255. The molecule has 2 N–H and O–H groups in total. The van der Waals surface area contributed by atoms with Crippen LogP contribution in [0.5, 0.6) is 0 Å². The van der Waals surface area contributed by atoms with Crippen molar-refractivity contribution < 1.29 is 5.11 Å². The number of nitrogens with one attached hydrogen (secondary N) is 1. The summed E-state index contributed by atoms with van der Waals surface area (Å²) < 4.78 is 0. The van der Waals surface area contributed by atoms with Gasteiger partial charge < -0.3 is 10.4 Å². The lowest BCUT2D eigenvalue weighted by Gasteiger charge is -2.27. The molecule has 16 heavy (non-hydrogen) atoms. The number of rotatable bonds is 4. The molecule has 1 heterocycles. The lowest BCUT2D eigenvalue weighted by atomic mass is 9.94. The molecule has 1 aliphatic carbocycles. The molecule has 2 nitrogen and oxygen atoms in total. The normalized spacial score (nSPS) is 30.2. The molecule has 0 amide bonds. The van der Waals surface area contributed by atoms with Crippen LogP contribution in [-0.4, -0.2) is 34.8 Å². The highest BCUT2D eigenvalue weighted by Crippen LogP contribution is 2.27. The van der Waals surface area contributed by atoms with Gasteiger partial charge in [-0.3, -0.25) is 0 Å². The maximum absolute atomic E-state index is 10.5. The number of thioether (sulfide) groups is 1. The molecule has 1 saturated carbocycles. The van der Waals surface area contributed by atoms with Gasteiger partial charge in [0.15, 0.2) is 0 Å². The maximum Gasteiger partial charge on any atom is 0.0771 e. The van der Waals surface area contributed by atoms with Crippen molar-refractivity contribution in [3.8, 4) is 0 Å². The van der Waals surface area contributed by atoms with Gasteiger partial charge in [0, 0.05) is 18.3 Å². The van der Waals surface area contributed by atoms with Gasteiger partial charge in [-0.05, 0) is 31.4 Å². The van der Waals surface area contributed by atoms with Crippen LogP contribution in [0, 0.1) is 0 Å². The Balaban J connectivity index is 1.66. The second-order valence-corrected chi connectivity index (χ2v) is 6.81. The van der Waals surface area contributed by atoms with Gasteiger partial charge in [0.05, 0.1) is 5.60 Å².